The SMILES string of the molecule is Cl.Nc1ccccc1NC(=O)c1ccc(-n2cc(COC(=O)c3ccccc3)oc2=O)cc1. The third-order valence-corrected chi connectivity index (χ3v) is 4.66. The van der Waals surface area contributed by atoms with Gasteiger partial charge < -0.3 is 20.2 Å². The molecule has 9 heteroatoms. The topological polar surface area (TPSA) is 117 Å². The Hall–Kier alpha value is -4.30. The molecule has 0 aliphatic heterocycles. The van der Waals surface area contributed by atoms with Gasteiger partial charge in [0.2, 0.25) is 0 Å². The lowest BCUT2D eigenvalue weighted by atomic mass is 10.2. The molecule has 0 spiro atoms. The van der Waals surface area contributed by atoms with Crippen LogP contribution in [0.1, 0.15) is 26.5 Å². The molecule has 0 radical (unpaired) electrons. The van der Waals surface area contributed by atoms with E-state index in [1.54, 1.807) is 78.9 Å². The summed E-state index contributed by atoms with van der Waals surface area (Å²) in [6.45, 7) is -0.186. The number of halogens is 1. The van der Waals surface area contributed by atoms with Crippen LogP contribution < -0.4 is 16.8 Å². The van der Waals surface area contributed by atoms with Crippen molar-refractivity contribution in [2.75, 3.05) is 11.1 Å². The highest BCUT2D eigenvalue weighted by Gasteiger charge is 2.13. The van der Waals surface area contributed by atoms with Crippen molar-refractivity contribution < 1.29 is 18.7 Å². The quantitative estimate of drug-likeness (QED) is 0.328. The van der Waals surface area contributed by atoms with E-state index in [1.807, 2.05) is 0 Å². The second-order valence-corrected chi connectivity index (χ2v) is 6.86. The average molecular weight is 466 g/mol. The molecule has 1 aromatic heterocycles. The predicted octanol–water partition coefficient (Wildman–Crippen LogP) is 4.04. The molecule has 0 saturated carbocycles. The van der Waals surface area contributed by atoms with Crippen LogP contribution in [0.4, 0.5) is 11.4 Å². The van der Waals surface area contributed by atoms with E-state index in [1.165, 1.54) is 10.8 Å². The first-order valence-corrected chi connectivity index (χ1v) is 9.71. The van der Waals surface area contributed by atoms with Crippen molar-refractivity contribution in [1.82, 2.24) is 4.57 Å². The highest BCUT2D eigenvalue weighted by atomic mass is 35.5. The maximum absolute atomic E-state index is 12.4. The van der Waals surface area contributed by atoms with E-state index in [0.29, 0.717) is 28.2 Å². The van der Waals surface area contributed by atoms with E-state index in [4.69, 9.17) is 14.9 Å². The minimum atomic E-state index is -0.634. The molecule has 4 rings (SSSR count). The highest BCUT2D eigenvalue weighted by molar-refractivity contribution is 6.05. The number of carbonyl (C=O) groups excluding carboxylic acids is 2. The summed E-state index contributed by atoms with van der Waals surface area (Å²) in [7, 11) is 0. The molecule has 4 aromatic rings. The van der Waals surface area contributed by atoms with Gasteiger partial charge in [-0.2, -0.15) is 0 Å². The molecule has 3 aromatic carbocycles. The minimum Gasteiger partial charge on any atom is -0.454 e. The molecule has 1 heterocycles. The summed E-state index contributed by atoms with van der Waals surface area (Å²) in [6, 6.07) is 21.9. The number of oxazole rings is 1. The molecule has 0 bridgehead atoms. The standard InChI is InChI=1S/C24H19N3O5.ClH/c25-20-8-4-5-9-21(20)26-22(28)16-10-12-18(13-11-16)27-14-19(32-24(27)30)15-31-23(29)17-6-2-1-3-7-17;/h1-14H,15,25H2,(H,26,28);1H. The monoisotopic (exact) mass is 465 g/mol. The van der Waals surface area contributed by atoms with Crippen molar-refractivity contribution in [3.63, 3.8) is 0 Å². The zero-order valence-electron chi connectivity index (χ0n) is 17.3. The van der Waals surface area contributed by atoms with Crippen LogP contribution >= 0.6 is 12.4 Å². The van der Waals surface area contributed by atoms with Crippen LogP contribution in [0.3, 0.4) is 0 Å². The first-order valence-electron chi connectivity index (χ1n) is 9.71. The number of hydrogen-bond donors (Lipinski definition) is 2. The molecular formula is C24H20ClN3O5. The summed E-state index contributed by atoms with van der Waals surface area (Å²) >= 11 is 0. The first-order chi connectivity index (χ1) is 15.5. The number of nitrogen functional groups attached to an aromatic ring is 1. The number of amides is 1. The average Bonchev–Trinajstić information content (AvgIpc) is 3.20. The van der Waals surface area contributed by atoms with Crippen molar-refractivity contribution in [1.29, 1.82) is 0 Å². The van der Waals surface area contributed by atoms with Gasteiger partial charge >= 0.3 is 11.7 Å². The Morgan fingerprint density at radius 2 is 1.58 bits per heavy atom. The van der Waals surface area contributed by atoms with Crippen LogP contribution in [-0.2, 0) is 11.3 Å². The summed E-state index contributed by atoms with van der Waals surface area (Å²) in [5.41, 5.74) is 8.12. The number of nitrogens with two attached hydrogens (primary N) is 1. The van der Waals surface area contributed by atoms with Gasteiger partial charge in [0.1, 0.15) is 0 Å². The van der Waals surface area contributed by atoms with E-state index in [-0.39, 0.29) is 30.7 Å². The number of nitrogens with zero attached hydrogens (tertiary/aromatic N) is 1. The normalized spacial score (nSPS) is 10.2. The maximum atomic E-state index is 12.4. The molecular weight excluding hydrogens is 446 g/mol. The number of esters is 1. The smallest absolute Gasteiger partial charge is 0.423 e. The van der Waals surface area contributed by atoms with Crippen molar-refractivity contribution in [3.8, 4) is 5.69 Å². The molecule has 0 unspecified atom stereocenters. The van der Waals surface area contributed by atoms with Gasteiger partial charge in [0.25, 0.3) is 5.91 Å². The molecule has 168 valence electrons. The summed E-state index contributed by atoms with van der Waals surface area (Å²) in [5, 5.41) is 2.74. The fourth-order valence-electron chi connectivity index (χ4n) is 3.00. The fourth-order valence-corrected chi connectivity index (χ4v) is 3.00. The van der Waals surface area contributed by atoms with Gasteiger partial charge in [-0.3, -0.25) is 4.79 Å². The number of anilines is 2. The number of aromatic nitrogens is 1. The van der Waals surface area contributed by atoms with E-state index in [9.17, 15) is 14.4 Å². The molecule has 3 N–H and O–H groups in total. The van der Waals surface area contributed by atoms with Gasteiger partial charge in [0, 0.05) is 5.56 Å². The van der Waals surface area contributed by atoms with Gasteiger partial charge in [-0.05, 0) is 48.5 Å². The largest absolute Gasteiger partial charge is 0.454 e. The molecule has 0 fully saturated rings. The predicted molar refractivity (Wildman–Crippen MR) is 126 cm³/mol. The van der Waals surface area contributed by atoms with Crippen molar-refractivity contribution in [3.05, 3.63) is 112 Å². The molecule has 33 heavy (non-hydrogen) atoms. The first kappa shape index (κ1) is 23.4. The molecule has 1 amide bonds. The van der Waals surface area contributed by atoms with Crippen LogP contribution in [0.5, 0.6) is 0 Å². The van der Waals surface area contributed by atoms with Gasteiger partial charge in [-0.25, -0.2) is 14.2 Å². The Kier molecular flexibility index (Phi) is 7.32. The summed E-state index contributed by atoms with van der Waals surface area (Å²) in [6.07, 6.45) is 1.44. The van der Waals surface area contributed by atoms with Crippen molar-refractivity contribution in [2.24, 2.45) is 0 Å². The van der Waals surface area contributed by atoms with Crippen LogP contribution in [0.2, 0.25) is 0 Å². The van der Waals surface area contributed by atoms with E-state index in [2.05, 4.69) is 5.32 Å². The van der Waals surface area contributed by atoms with E-state index in [0.717, 1.165) is 0 Å². The molecule has 0 saturated heterocycles. The zero-order valence-corrected chi connectivity index (χ0v) is 18.1. The molecule has 0 aliphatic rings. The Labute approximate surface area is 195 Å². The Bertz CT molecular complexity index is 1310. The number of rotatable bonds is 6. The molecule has 0 aliphatic carbocycles. The maximum Gasteiger partial charge on any atom is 0.423 e. The second-order valence-electron chi connectivity index (χ2n) is 6.86. The Balaban J connectivity index is 0.00000306. The Morgan fingerprint density at radius 3 is 2.27 bits per heavy atom. The lowest BCUT2D eigenvalue weighted by molar-refractivity contribution is 0.0443. The zero-order chi connectivity index (χ0) is 22.5. The van der Waals surface area contributed by atoms with Crippen molar-refractivity contribution in [2.45, 2.75) is 6.61 Å². The van der Waals surface area contributed by atoms with Crippen molar-refractivity contribution >= 4 is 35.7 Å². The summed E-state index contributed by atoms with van der Waals surface area (Å²) in [5.74, 6) is -1.29. The molecule has 8 nitrogen and oxygen atoms in total. The van der Waals surface area contributed by atoms with Gasteiger partial charge in [-0.1, -0.05) is 30.3 Å². The van der Waals surface area contributed by atoms with Crippen LogP contribution in [-0.4, -0.2) is 16.4 Å². The number of hydrogen-bond acceptors (Lipinski definition) is 6. The van der Waals surface area contributed by atoms with Gasteiger partial charge in [0.05, 0.1) is 28.8 Å². The molecule has 0 atom stereocenters. The number of ether oxygens (including phenoxy) is 1. The lowest BCUT2D eigenvalue weighted by Crippen LogP contribution is -2.14. The lowest BCUT2D eigenvalue weighted by Gasteiger charge is -2.08. The van der Waals surface area contributed by atoms with Crippen LogP contribution in [0.15, 0.2) is 94.3 Å². The number of para-hydroxylation sites is 2. The third-order valence-electron chi connectivity index (χ3n) is 4.66. The third kappa shape index (κ3) is 5.50. The minimum absolute atomic E-state index is 0. The van der Waals surface area contributed by atoms with Crippen LogP contribution in [0.25, 0.3) is 5.69 Å². The summed E-state index contributed by atoms with van der Waals surface area (Å²) < 4.78 is 11.6. The number of nitrogens with one attached hydrogen (secondary N) is 1. The van der Waals surface area contributed by atoms with Gasteiger partial charge in [0.15, 0.2) is 12.4 Å². The Morgan fingerprint density at radius 1 is 0.909 bits per heavy atom. The van der Waals surface area contributed by atoms with E-state index < -0.39 is 11.7 Å². The summed E-state index contributed by atoms with van der Waals surface area (Å²) in [4.78, 5) is 36.7. The highest BCUT2D eigenvalue weighted by Crippen LogP contribution is 2.18. The van der Waals surface area contributed by atoms with Gasteiger partial charge in [-0.15, -0.1) is 12.4 Å². The van der Waals surface area contributed by atoms with Crippen LogP contribution in [0, 0.1) is 0 Å². The fraction of sp³-hybridized carbons (Fsp3) is 0.0417. The van der Waals surface area contributed by atoms with E-state index >= 15 is 0 Å². The number of carbonyl (C=O) groups is 2. The second kappa shape index (κ2) is 10.3. The number of benzene rings is 3.